The average Bonchev–Trinajstić information content (AvgIpc) is 2.57. The van der Waals surface area contributed by atoms with Crippen molar-refractivity contribution in [3.63, 3.8) is 0 Å². The number of carbonyl (C=O) groups is 3. The highest BCUT2D eigenvalue weighted by Gasteiger charge is 2.18. The van der Waals surface area contributed by atoms with Crippen LogP contribution in [0.2, 0.25) is 5.02 Å². The predicted octanol–water partition coefficient (Wildman–Crippen LogP) is 2.55. The zero-order valence-corrected chi connectivity index (χ0v) is 14.6. The van der Waals surface area contributed by atoms with Crippen molar-refractivity contribution >= 4 is 47.6 Å². The van der Waals surface area contributed by atoms with Crippen molar-refractivity contribution in [3.05, 3.63) is 52.7 Å². The molecule has 0 saturated carbocycles. The number of ketones is 1. The van der Waals surface area contributed by atoms with E-state index in [1.54, 1.807) is 6.07 Å². The number of hydrogen-bond acceptors (Lipinski definition) is 5. The Labute approximate surface area is 149 Å². The number of amides is 2. The summed E-state index contributed by atoms with van der Waals surface area (Å²) in [5.41, 5.74) is 0.505. The van der Waals surface area contributed by atoms with Crippen LogP contribution < -0.4 is 5.32 Å². The van der Waals surface area contributed by atoms with Gasteiger partial charge in [0.2, 0.25) is 5.78 Å². The third-order valence-corrected chi connectivity index (χ3v) is 4.00. The molecule has 6 nitrogen and oxygen atoms in total. The zero-order chi connectivity index (χ0) is 17.9. The third-order valence-electron chi connectivity index (χ3n) is 3.11. The predicted molar refractivity (Wildman–Crippen MR) is 93.9 cm³/mol. The van der Waals surface area contributed by atoms with Crippen molar-refractivity contribution in [2.45, 2.75) is 4.90 Å². The quantitative estimate of drug-likeness (QED) is 0.497. The number of likely N-dealkylation sites (N-methyl/N-ethyl adjacent to an activating group) is 1. The Kier molecular flexibility index (Phi) is 5.58. The van der Waals surface area contributed by atoms with Gasteiger partial charge in [0.05, 0.1) is 5.02 Å². The van der Waals surface area contributed by atoms with Crippen molar-refractivity contribution < 1.29 is 14.4 Å². The van der Waals surface area contributed by atoms with Gasteiger partial charge >= 0.3 is 0 Å². The maximum absolute atomic E-state index is 12.2. The van der Waals surface area contributed by atoms with Crippen molar-refractivity contribution in [2.75, 3.05) is 19.4 Å². The van der Waals surface area contributed by atoms with Gasteiger partial charge in [-0.2, -0.15) is 0 Å². The molecule has 0 radical (unpaired) electrons. The molecule has 0 fully saturated rings. The van der Waals surface area contributed by atoms with Gasteiger partial charge in [-0.1, -0.05) is 23.7 Å². The summed E-state index contributed by atoms with van der Waals surface area (Å²) in [5, 5.41) is 2.80. The van der Waals surface area contributed by atoms with Gasteiger partial charge in [-0.05, 0) is 18.2 Å². The monoisotopic (exact) mass is 363 g/mol. The minimum absolute atomic E-state index is 0.192. The van der Waals surface area contributed by atoms with E-state index in [4.69, 9.17) is 11.6 Å². The number of benzene rings is 1. The Morgan fingerprint density at radius 3 is 2.25 bits per heavy atom. The molecule has 0 bridgehead atoms. The fourth-order valence-electron chi connectivity index (χ4n) is 1.80. The minimum atomic E-state index is -0.639. The van der Waals surface area contributed by atoms with Gasteiger partial charge in [0.25, 0.3) is 11.8 Å². The van der Waals surface area contributed by atoms with Crippen LogP contribution in [0.25, 0.3) is 0 Å². The van der Waals surface area contributed by atoms with Crippen LogP contribution in [0.4, 0.5) is 5.82 Å². The van der Waals surface area contributed by atoms with Gasteiger partial charge in [0, 0.05) is 36.3 Å². The van der Waals surface area contributed by atoms with Gasteiger partial charge in [-0.15, -0.1) is 12.6 Å². The lowest BCUT2D eigenvalue weighted by Crippen LogP contribution is -2.29. The number of anilines is 1. The topological polar surface area (TPSA) is 79.4 Å². The van der Waals surface area contributed by atoms with Crippen LogP contribution in [-0.2, 0) is 4.79 Å². The van der Waals surface area contributed by atoms with Crippen LogP contribution >= 0.6 is 24.2 Å². The fraction of sp³-hybridized carbons (Fsp3) is 0.125. The summed E-state index contributed by atoms with van der Waals surface area (Å²) in [6.45, 7) is 0. The molecular formula is C16H14ClN3O3S. The van der Waals surface area contributed by atoms with Gasteiger partial charge in [0.15, 0.2) is 5.82 Å². The van der Waals surface area contributed by atoms with E-state index < -0.39 is 17.6 Å². The van der Waals surface area contributed by atoms with E-state index in [9.17, 15) is 14.4 Å². The Bertz CT molecular complexity index is 807. The molecule has 0 aliphatic heterocycles. The van der Waals surface area contributed by atoms with Crippen molar-refractivity contribution in [1.29, 1.82) is 0 Å². The molecule has 2 amide bonds. The summed E-state index contributed by atoms with van der Waals surface area (Å²) >= 11 is 10.2. The first-order valence-electron chi connectivity index (χ1n) is 6.82. The molecule has 0 aliphatic rings. The highest BCUT2D eigenvalue weighted by atomic mass is 35.5. The first kappa shape index (κ1) is 18.0. The average molecular weight is 364 g/mol. The molecule has 1 aromatic carbocycles. The maximum atomic E-state index is 12.2. The summed E-state index contributed by atoms with van der Waals surface area (Å²) in [6, 6.07) is 7.34. The molecule has 8 heteroatoms. The van der Waals surface area contributed by atoms with E-state index in [1.807, 2.05) is 0 Å². The molecule has 0 aliphatic carbocycles. The van der Waals surface area contributed by atoms with Gasteiger partial charge in [-0.3, -0.25) is 14.4 Å². The first-order chi connectivity index (χ1) is 11.3. The first-order valence-corrected chi connectivity index (χ1v) is 7.64. The second kappa shape index (κ2) is 7.46. The minimum Gasteiger partial charge on any atom is -0.342 e. The van der Waals surface area contributed by atoms with Crippen LogP contribution in [0.1, 0.15) is 20.7 Å². The number of hydrogen-bond donors (Lipinski definition) is 2. The Balaban J connectivity index is 2.16. The molecule has 1 heterocycles. The molecule has 2 aromatic rings. The van der Waals surface area contributed by atoms with E-state index in [1.165, 1.54) is 49.5 Å². The van der Waals surface area contributed by atoms with Gasteiger partial charge < -0.3 is 10.2 Å². The smallest absolute Gasteiger partial charge is 0.294 e. The van der Waals surface area contributed by atoms with Crippen LogP contribution in [0, 0.1) is 0 Å². The van der Waals surface area contributed by atoms with Crippen LogP contribution in [0.3, 0.4) is 0 Å². The molecule has 1 aromatic heterocycles. The summed E-state index contributed by atoms with van der Waals surface area (Å²) in [7, 11) is 2.99. The molecule has 2 rings (SSSR count). The molecule has 124 valence electrons. The molecule has 1 N–H and O–H groups in total. The van der Waals surface area contributed by atoms with E-state index in [0.717, 1.165) is 0 Å². The highest BCUT2D eigenvalue weighted by Crippen LogP contribution is 2.26. The van der Waals surface area contributed by atoms with Gasteiger partial charge in [-0.25, -0.2) is 4.98 Å². The third kappa shape index (κ3) is 3.93. The second-order valence-electron chi connectivity index (χ2n) is 5.05. The lowest BCUT2D eigenvalue weighted by molar-refractivity contribution is -0.124. The van der Waals surface area contributed by atoms with Crippen molar-refractivity contribution in [3.8, 4) is 0 Å². The molecule has 0 atom stereocenters. The number of carbonyl (C=O) groups excluding carboxylic acids is 3. The van der Waals surface area contributed by atoms with Crippen LogP contribution in [-0.4, -0.2) is 41.6 Å². The summed E-state index contributed by atoms with van der Waals surface area (Å²) in [5.74, 6) is -1.52. The summed E-state index contributed by atoms with van der Waals surface area (Å²) < 4.78 is 0. The number of thiol groups is 1. The van der Waals surface area contributed by atoms with E-state index in [0.29, 0.717) is 10.5 Å². The largest absolute Gasteiger partial charge is 0.342 e. The van der Waals surface area contributed by atoms with E-state index in [-0.39, 0.29) is 16.4 Å². The number of nitrogens with one attached hydrogen (secondary N) is 1. The number of rotatable bonds is 4. The standard InChI is InChI=1S/C16H14ClN3O3S/c1-20(2)16(23)13(21)9-3-5-10(6-4-9)15(22)19-14-12(17)11(24)7-8-18-14/h3-8H,1-2H3,(H2,18,19,22,24). The maximum Gasteiger partial charge on any atom is 0.294 e. The summed E-state index contributed by atoms with van der Waals surface area (Å²) in [4.78, 5) is 41.4. The SMILES string of the molecule is CN(C)C(=O)C(=O)c1ccc(C(=O)Nc2nccc(S)c2Cl)cc1. The Morgan fingerprint density at radius 2 is 1.67 bits per heavy atom. The Hall–Kier alpha value is -2.38. The zero-order valence-electron chi connectivity index (χ0n) is 12.9. The second-order valence-corrected chi connectivity index (χ2v) is 5.91. The molecular weight excluding hydrogens is 350 g/mol. The Morgan fingerprint density at radius 1 is 1.08 bits per heavy atom. The molecule has 0 saturated heterocycles. The van der Waals surface area contributed by atoms with Crippen molar-refractivity contribution in [1.82, 2.24) is 9.88 Å². The number of pyridine rings is 1. The summed E-state index contributed by atoms with van der Waals surface area (Å²) in [6.07, 6.45) is 1.47. The highest BCUT2D eigenvalue weighted by molar-refractivity contribution is 7.80. The number of Topliss-reactive ketones (excluding diaryl/α,β-unsaturated/α-hetero) is 1. The van der Waals surface area contributed by atoms with Crippen LogP contribution in [0.5, 0.6) is 0 Å². The van der Waals surface area contributed by atoms with E-state index >= 15 is 0 Å². The normalized spacial score (nSPS) is 10.2. The number of aromatic nitrogens is 1. The lowest BCUT2D eigenvalue weighted by Gasteiger charge is -2.10. The van der Waals surface area contributed by atoms with E-state index in [2.05, 4.69) is 22.9 Å². The van der Waals surface area contributed by atoms with Crippen molar-refractivity contribution in [2.24, 2.45) is 0 Å². The van der Waals surface area contributed by atoms with Crippen LogP contribution in [0.15, 0.2) is 41.4 Å². The molecule has 0 spiro atoms. The van der Waals surface area contributed by atoms with Gasteiger partial charge in [0.1, 0.15) is 0 Å². The number of halogens is 1. The lowest BCUT2D eigenvalue weighted by atomic mass is 10.1. The fourth-order valence-corrected chi connectivity index (χ4v) is 2.13. The number of nitrogens with zero attached hydrogens (tertiary/aromatic N) is 2. The molecule has 24 heavy (non-hydrogen) atoms. The molecule has 0 unspecified atom stereocenters.